The number of carbonyl (C=O) groups excluding carboxylic acids is 2. The second kappa shape index (κ2) is 10.9. The Labute approximate surface area is 171 Å². The summed E-state index contributed by atoms with van der Waals surface area (Å²) < 4.78 is 15.4. The number of hydrogen-bond acceptors (Lipinski definition) is 5. The minimum atomic E-state index is -0.609. The van der Waals surface area contributed by atoms with Gasteiger partial charge in [0.05, 0.1) is 14.2 Å². The zero-order valence-corrected chi connectivity index (χ0v) is 17.2. The maximum Gasteiger partial charge on any atom is 0.331 e. The Bertz CT molecular complexity index is 858. The Hall–Kier alpha value is -3.28. The quantitative estimate of drug-likeness (QED) is 0.501. The average molecular weight is 397 g/mol. The number of nitrogens with one attached hydrogen (secondary N) is 1. The van der Waals surface area contributed by atoms with E-state index in [2.05, 4.69) is 19.2 Å². The third-order valence-corrected chi connectivity index (χ3v) is 4.54. The van der Waals surface area contributed by atoms with Crippen molar-refractivity contribution in [2.24, 2.45) is 0 Å². The van der Waals surface area contributed by atoms with Gasteiger partial charge >= 0.3 is 5.97 Å². The van der Waals surface area contributed by atoms with Gasteiger partial charge in [0.25, 0.3) is 5.91 Å². The summed E-state index contributed by atoms with van der Waals surface area (Å²) in [5.74, 6) is 0.622. The Morgan fingerprint density at radius 2 is 1.72 bits per heavy atom. The lowest BCUT2D eigenvalue weighted by Gasteiger charge is -2.10. The van der Waals surface area contributed by atoms with Crippen LogP contribution in [0, 0.1) is 0 Å². The number of amides is 1. The molecule has 0 aliphatic rings. The molecule has 154 valence electrons. The molecular weight excluding hydrogens is 370 g/mol. The van der Waals surface area contributed by atoms with Gasteiger partial charge in [-0.3, -0.25) is 4.79 Å². The van der Waals surface area contributed by atoms with Crippen molar-refractivity contribution in [3.63, 3.8) is 0 Å². The lowest BCUT2D eigenvalue weighted by atomic mass is 9.99. The topological polar surface area (TPSA) is 73.9 Å². The predicted molar refractivity (Wildman–Crippen MR) is 113 cm³/mol. The van der Waals surface area contributed by atoms with Crippen molar-refractivity contribution in [1.29, 1.82) is 0 Å². The first-order valence-electron chi connectivity index (χ1n) is 9.43. The van der Waals surface area contributed by atoms with Crippen LogP contribution in [-0.2, 0) is 14.3 Å². The van der Waals surface area contributed by atoms with E-state index in [4.69, 9.17) is 14.2 Å². The summed E-state index contributed by atoms with van der Waals surface area (Å²) in [6, 6.07) is 12.9. The van der Waals surface area contributed by atoms with Crippen molar-refractivity contribution in [3.05, 3.63) is 59.7 Å². The molecule has 0 saturated carbocycles. The van der Waals surface area contributed by atoms with Gasteiger partial charge in [-0.1, -0.05) is 32.0 Å². The zero-order valence-electron chi connectivity index (χ0n) is 17.2. The molecule has 1 N–H and O–H groups in total. The molecule has 2 aromatic carbocycles. The fourth-order valence-corrected chi connectivity index (χ4v) is 2.63. The minimum Gasteiger partial charge on any atom is -0.493 e. The van der Waals surface area contributed by atoms with Crippen LogP contribution in [0.5, 0.6) is 11.5 Å². The summed E-state index contributed by atoms with van der Waals surface area (Å²) in [5.41, 5.74) is 2.63. The summed E-state index contributed by atoms with van der Waals surface area (Å²) in [7, 11) is 3.09. The third kappa shape index (κ3) is 6.68. The van der Waals surface area contributed by atoms with Crippen LogP contribution < -0.4 is 14.8 Å². The number of anilines is 1. The van der Waals surface area contributed by atoms with E-state index >= 15 is 0 Å². The second-order valence-corrected chi connectivity index (χ2v) is 6.53. The van der Waals surface area contributed by atoms with Crippen molar-refractivity contribution in [2.45, 2.75) is 26.2 Å². The zero-order chi connectivity index (χ0) is 21.2. The van der Waals surface area contributed by atoms with E-state index in [1.165, 1.54) is 18.7 Å². The van der Waals surface area contributed by atoms with E-state index in [0.29, 0.717) is 23.1 Å². The molecule has 0 fully saturated rings. The molecule has 0 bridgehead atoms. The van der Waals surface area contributed by atoms with Crippen LogP contribution >= 0.6 is 0 Å². The van der Waals surface area contributed by atoms with E-state index in [9.17, 15) is 9.59 Å². The van der Waals surface area contributed by atoms with Gasteiger partial charge in [-0.15, -0.1) is 0 Å². The van der Waals surface area contributed by atoms with Crippen LogP contribution in [0.25, 0.3) is 6.08 Å². The monoisotopic (exact) mass is 397 g/mol. The Morgan fingerprint density at radius 1 is 1.03 bits per heavy atom. The summed E-state index contributed by atoms with van der Waals surface area (Å²) in [5, 5.41) is 2.71. The maximum absolute atomic E-state index is 12.0. The Morgan fingerprint density at radius 3 is 2.34 bits per heavy atom. The number of methoxy groups -OCH3 is 2. The third-order valence-electron chi connectivity index (χ3n) is 4.54. The highest BCUT2D eigenvalue weighted by Gasteiger charge is 2.08. The summed E-state index contributed by atoms with van der Waals surface area (Å²) in [4.78, 5) is 23.8. The Balaban J connectivity index is 1.84. The SMILES string of the molecule is CC[C@@H](C)c1ccc(NC(=O)COC(=O)/C=C/c2ccc(OC)c(OC)c2)cc1. The number of rotatable bonds is 9. The standard InChI is InChI=1S/C23H27NO5/c1-5-16(2)18-8-10-19(11-9-18)24-22(25)15-29-23(26)13-7-17-6-12-20(27-3)21(14-17)28-4/h6-14,16H,5,15H2,1-4H3,(H,24,25)/b13-7+/t16-/m1/s1. The fraction of sp³-hybridized carbons (Fsp3) is 0.304. The van der Waals surface area contributed by atoms with Gasteiger partial charge < -0.3 is 19.5 Å². The molecule has 1 amide bonds. The van der Waals surface area contributed by atoms with E-state index in [-0.39, 0.29) is 6.61 Å². The van der Waals surface area contributed by atoms with E-state index in [1.807, 2.05) is 24.3 Å². The van der Waals surface area contributed by atoms with Crippen LogP contribution in [0.1, 0.15) is 37.3 Å². The van der Waals surface area contributed by atoms with Crippen LogP contribution in [0.4, 0.5) is 5.69 Å². The molecule has 0 aliphatic heterocycles. The normalized spacial score (nSPS) is 11.7. The number of ether oxygens (including phenoxy) is 3. The van der Waals surface area contributed by atoms with Crippen LogP contribution in [0.15, 0.2) is 48.5 Å². The van der Waals surface area contributed by atoms with E-state index in [0.717, 1.165) is 12.0 Å². The first kappa shape index (κ1) is 22.0. The lowest BCUT2D eigenvalue weighted by Crippen LogP contribution is -2.20. The molecule has 6 nitrogen and oxygen atoms in total. The molecule has 2 rings (SSSR count). The van der Waals surface area contributed by atoms with Crippen LogP contribution in [-0.4, -0.2) is 32.7 Å². The van der Waals surface area contributed by atoms with Gasteiger partial charge in [0.2, 0.25) is 0 Å². The van der Waals surface area contributed by atoms with Crippen molar-refractivity contribution >= 4 is 23.6 Å². The number of carbonyl (C=O) groups is 2. The highest BCUT2D eigenvalue weighted by atomic mass is 16.5. The highest BCUT2D eigenvalue weighted by molar-refractivity contribution is 5.94. The van der Waals surface area contributed by atoms with Gasteiger partial charge in [-0.05, 0) is 53.8 Å². The van der Waals surface area contributed by atoms with Crippen molar-refractivity contribution in [2.75, 3.05) is 26.1 Å². The molecule has 0 unspecified atom stereocenters. The highest BCUT2D eigenvalue weighted by Crippen LogP contribution is 2.28. The van der Waals surface area contributed by atoms with Gasteiger partial charge in [0.15, 0.2) is 18.1 Å². The molecule has 0 heterocycles. The van der Waals surface area contributed by atoms with Gasteiger partial charge in [0, 0.05) is 11.8 Å². The first-order valence-corrected chi connectivity index (χ1v) is 9.43. The van der Waals surface area contributed by atoms with Gasteiger partial charge in [0.1, 0.15) is 0 Å². The van der Waals surface area contributed by atoms with E-state index < -0.39 is 11.9 Å². The summed E-state index contributed by atoms with van der Waals surface area (Å²) in [6.45, 7) is 3.93. The maximum atomic E-state index is 12.0. The largest absolute Gasteiger partial charge is 0.493 e. The molecule has 29 heavy (non-hydrogen) atoms. The number of esters is 1. The van der Waals surface area contributed by atoms with E-state index in [1.54, 1.807) is 31.4 Å². The molecule has 0 saturated heterocycles. The number of hydrogen-bond donors (Lipinski definition) is 1. The molecule has 6 heteroatoms. The summed E-state index contributed by atoms with van der Waals surface area (Å²) >= 11 is 0. The molecule has 0 radical (unpaired) electrons. The molecule has 0 aliphatic carbocycles. The Kier molecular flexibility index (Phi) is 8.27. The molecule has 0 spiro atoms. The van der Waals surface area contributed by atoms with Crippen LogP contribution in [0.2, 0.25) is 0 Å². The molecule has 2 aromatic rings. The van der Waals surface area contributed by atoms with Crippen LogP contribution in [0.3, 0.4) is 0 Å². The van der Waals surface area contributed by atoms with Gasteiger partial charge in [-0.2, -0.15) is 0 Å². The molecule has 1 atom stereocenters. The lowest BCUT2D eigenvalue weighted by molar-refractivity contribution is -0.142. The molecule has 0 aromatic heterocycles. The fourth-order valence-electron chi connectivity index (χ4n) is 2.63. The minimum absolute atomic E-state index is 0.359. The number of benzene rings is 2. The first-order chi connectivity index (χ1) is 14.0. The smallest absolute Gasteiger partial charge is 0.331 e. The predicted octanol–water partition coefficient (Wildman–Crippen LogP) is 4.41. The van der Waals surface area contributed by atoms with Gasteiger partial charge in [-0.25, -0.2) is 4.79 Å². The van der Waals surface area contributed by atoms with Crippen molar-refractivity contribution < 1.29 is 23.8 Å². The average Bonchev–Trinajstić information content (AvgIpc) is 2.75. The second-order valence-electron chi connectivity index (χ2n) is 6.53. The van der Waals surface area contributed by atoms with Crippen molar-refractivity contribution in [1.82, 2.24) is 0 Å². The van der Waals surface area contributed by atoms with Crippen molar-refractivity contribution in [3.8, 4) is 11.5 Å². The summed E-state index contributed by atoms with van der Waals surface area (Å²) in [6.07, 6.45) is 3.89. The molecular formula is C23H27NO5.